The number of hydrogen-bond donors (Lipinski definition) is 2. The second-order valence-corrected chi connectivity index (χ2v) is 4.40. The summed E-state index contributed by atoms with van der Waals surface area (Å²) in [6.07, 6.45) is 0. The van der Waals surface area contributed by atoms with Crippen LogP contribution in [-0.4, -0.2) is 14.3 Å². The highest BCUT2D eigenvalue weighted by Gasteiger charge is 2.15. The van der Waals surface area contributed by atoms with Crippen molar-refractivity contribution in [3.63, 3.8) is 0 Å². The first-order valence-electron chi connectivity index (χ1n) is 3.87. The summed E-state index contributed by atoms with van der Waals surface area (Å²) in [4.78, 5) is 10.4. The number of alkyl halides is 1. The molecule has 1 rings (SSSR count). The Morgan fingerprint density at radius 1 is 1.40 bits per heavy atom. The number of hydrogen-bond acceptors (Lipinski definition) is 3. The summed E-state index contributed by atoms with van der Waals surface area (Å²) >= 11 is 0. The molecule has 0 heterocycles. The SMILES string of the molecule is NC(=O)c1ccc(CF)c(S(N)(=O)=O)c1. The van der Waals surface area contributed by atoms with Crippen molar-refractivity contribution in [2.24, 2.45) is 10.9 Å². The Hall–Kier alpha value is -1.47. The zero-order chi connectivity index (χ0) is 11.6. The van der Waals surface area contributed by atoms with E-state index < -0.39 is 27.5 Å². The summed E-state index contributed by atoms with van der Waals surface area (Å²) in [6, 6.07) is 3.37. The van der Waals surface area contributed by atoms with E-state index in [1.54, 1.807) is 0 Å². The molecule has 0 atom stereocenters. The smallest absolute Gasteiger partial charge is 0.248 e. The number of sulfonamides is 1. The molecular weight excluding hydrogens is 223 g/mol. The highest BCUT2D eigenvalue weighted by atomic mass is 32.2. The Morgan fingerprint density at radius 2 is 2.00 bits per heavy atom. The van der Waals surface area contributed by atoms with Crippen LogP contribution in [0.3, 0.4) is 0 Å². The predicted molar refractivity (Wildman–Crippen MR) is 51.1 cm³/mol. The fourth-order valence-corrected chi connectivity index (χ4v) is 1.86. The molecule has 1 aromatic rings. The van der Waals surface area contributed by atoms with Crippen molar-refractivity contribution in [3.05, 3.63) is 29.3 Å². The van der Waals surface area contributed by atoms with Gasteiger partial charge in [-0.1, -0.05) is 6.07 Å². The third-order valence-electron chi connectivity index (χ3n) is 1.80. The van der Waals surface area contributed by atoms with Crippen molar-refractivity contribution in [1.29, 1.82) is 0 Å². The number of nitrogens with two attached hydrogens (primary N) is 2. The maximum absolute atomic E-state index is 12.4. The molecule has 0 fully saturated rings. The van der Waals surface area contributed by atoms with Gasteiger partial charge in [0.1, 0.15) is 6.67 Å². The minimum atomic E-state index is -4.05. The lowest BCUT2D eigenvalue weighted by Gasteiger charge is -2.05. The van der Waals surface area contributed by atoms with E-state index in [-0.39, 0.29) is 11.1 Å². The molecule has 1 aromatic carbocycles. The van der Waals surface area contributed by atoms with E-state index in [0.717, 1.165) is 6.07 Å². The Kier molecular flexibility index (Phi) is 3.06. The second-order valence-electron chi connectivity index (χ2n) is 2.87. The highest BCUT2D eigenvalue weighted by molar-refractivity contribution is 7.89. The fraction of sp³-hybridized carbons (Fsp3) is 0.125. The largest absolute Gasteiger partial charge is 0.366 e. The topological polar surface area (TPSA) is 103 Å². The molecule has 15 heavy (non-hydrogen) atoms. The summed E-state index contributed by atoms with van der Waals surface area (Å²) in [6.45, 7) is -0.981. The van der Waals surface area contributed by atoms with Crippen LogP contribution >= 0.6 is 0 Å². The highest BCUT2D eigenvalue weighted by Crippen LogP contribution is 2.17. The number of carbonyl (C=O) groups excluding carboxylic acids is 1. The van der Waals surface area contributed by atoms with E-state index in [2.05, 4.69) is 0 Å². The van der Waals surface area contributed by atoms with Gasteiger partial charge in [-0.25, -0.2) is 17.9 Å². The van der Waals surface area contributed by atoms with E-state index in [4.69, 9.17) is 10.9 Å². The second kappa shape index (κ2) is 3.95. The van der Waals surface area contributed by atoms with Gasteiger partial charge < -0.3 is 5.73 Å². The van der Waals surface area contributed by atoms with Crippen molar-refractivity contribution in [3.8, 4) is 0 Å². The van der Waals surface area contributed by atoms with Crippen molar-refractivity contribution in [2.45, 2.75) is 11.6 Å². The van der Waals surface area contributed by atoms with Crippen LogP contribution in [0, 0.1) is 0 Å². The first kappa shape index (κ1) is 11.6. The lowest BCUT2D eigenvalue weighted by molar-refractivity contribution is 0.1000. The maximum Gasteiger partial charge on any atom is 0.248 e. The molecule has 0 saturated carbocycles. The van der Waals surface area contributed by atoms with Gasteiger partial charge in [-0.15, -0.1) is 0 Å². The molecule has 0 bridgehead atoms. The summed E-state index contributed by atoms with van der Waals surface area (Å²) in [5.74, 6) is -0.801. The number of primary sulfonamides is 1. The molecule has 0 aromatic heterocycles. The molecule has 7 heteroatoms. The van der Waals surface area contributed by atoms with Crippen LogP contribution in [0.1, 0.15) is 15.9 Å². The molecule has 0 spiro atoms. The molecule has 5 nitrogen and oxygen atoms in total. The normalized spacial score (nSPS) is 11.3. The van der Waals surface area contributed by atoms with Crippen molar-refractivity contribution < 1.29 is 17.6 Å². The number of primary amides is 1. The summed E-state index contributed by atoms with van der Waals surface area (Å²) in [5.41, 5.74) is 4.82. The van der Waals surface area contributed by atoms with Gasteiger partial charge in [0.15, 0.2) is 0 Å². The average Bonchev–Trinajstić information content (AvgIpc) is 2.15. The van der Waals surface area contributed by atoms with Crippen molar-refractivity contribution in [1.82, 2.24) is 0 Å². The lowest BCUT2D eigenvalue weighted by atomic mass is 10.1. The van der Waals surface area contributed by atoms with Gasteiger partial charge in [0.2, 0.25) is 15.9 Å². The van der Waals surface area contributed by atoms with Gasteiger partial charge in [-0.2, -0.15) is 0 Å². The third kappa shape index (κ3) is 2.51. The number of amides is 1. The van der Waals surface area contributed by atoms with Gasteiger partial charge in [0.25, 0.3) is 0 Å². The maximum atomic E-state index is 12.4. The Balaban J connectivity index is 3.46. The summed E-state index contributed by atoms with van der Waals surface area (Å²) in [5, 5.41) is 4.86. The number of halogens is 1. The molecular formula is C8H9FN2O3S. The molecule has 0 aliphatic rings. The van der Waals surface area contributed by atoms with Crippen LogP contribution in [0.4, 0.5) is 4.39 Å². The van der Waals surface area contributed by atoms with Gasteiger partial charge in [0.05, 0.1) is 4.90 Å². The number of carbonyl (C=O) groups is 1. The summed E-state index contributed by atoms with van der Waals surface area (Å²) < 4.78 is 34.5. The molecule has 82 valence electrons. The van der Waals surface area contributed by atoms with Crippen LogP contribution in [-0.2, 0) is 16.7 Å². The van der Waals surface area contributed by atoms with Gasteiger partial charge in [-0.3, -0.25) is 4.79 Å². The Bertz CT molecular complexity index is 499. The molecule has 1 amide bonds. The van der Waals surface area contributed by atoms with Crippen LogP contribution in [0.2, 0.25) is 0 Å². The summed E-state index contributed by atoms with van der Waals surface area (Å²) in [7, 11) is -4.05. The van der Waals surface area contributed by atoms with Crippen LogP contribution in [0.5, 0.6) is 0 Å². The van der Waals surface area contributed by atoms with Crippen molar-refractivity contribution in [2.75, 3.05) is 0 Å². The molecule has 0 unspecified atom stereocenters. The van der Waals surface area contributed by atoms with E-state index in [1.165, 1.54) is 12.1 Å². The van der Waals surface area contributed by atoms with E-state index in [9.17, 15) is 17.6 Å². The first-order chi connectivity index (χ1) is 6.86. The minimum Gasteiger partial charge on any atom is -0.366 e. The molecule has 4 N–H and O–H groups in total. The third-order valence-corrected chi connectivity index (χ3v) is 2.80. The van der Waals surface area contributed by atoms with E-state index in [0.29, 0.717) is 0 Å². The molecule has 0 aliphatic heterocycles. The molecule has 0 saturated heterocycles. The van der Waals surface area contributed by atoms with Gasteiger partial charge in [-0.05, 0) is 12.1 Å². The average molecular weight is 232 g/mol. The van der Waals surface area contributed by atoms with E-state index in [1.807, 2.05) is 0 Å². The minimum absolute atomic E-state index is 0.0313. The quantitative estimate of drug-likeness (QED) is 0.760. The standard InChI is InChI=1S/C8H9FN2O3S/c9-4-6-2-1-5(8(10)12)3-7(6)15(11,13)14/h1-3H,4H2,(H2,10,12)(H2,11,13,14). The zero-order valence-electron chi connectivity index (χ0n) is 7.60. The van der Waals surface area contributed by atoms with Crippen LogP contribution in [0.25, 0.3) is 0 Å². The zero-order valence-corrected chi connectivity index (χ0v) is 8.42. The van der Waals surface area contributed by atoms with Crippen LogP contribution in [0.15, 0.2) is 23.1 Å². The Labute approximate surface area is 85.9 Å². The number of benzene rings is 1. The molecule has 0 aliphatic carbocycles. The molecule has 0 radical (unpaired) electrons. The van der Waals surface area contributed by atoms with Crippen LogP contribution < -0.4 is 10.9 Å². The monoisotopic (exact) mass is 232 g/mol. The lowest BCUT2D eigenvalue weighted by Crippen LogP contribution is -2.17. The van der Waals surface area contributed by atoms with Gasteiger partial charge in [0, 0.05) is 11.1 Å². The predicted octanol–water partition coefficient (Wildman–Crippen LogP) is -0.0976. The fourth-order valence-electron chi connectivity index (χ4n) is 1.08. The first-order valence-corrected chi connectivity index (χ1v) is 5.42. The van der Waals surface area contributed by atoms with Crippen molar-refractivity contribution >= 4 is 15.9 Å². The number of rotatable bonds is 3. The van der Waals surface area contributed by atoms with E-state index >= 15 is 0 Å². The van der Waals surface area contributed by atoms with Gasteiger partial charge >= 0.3 is 0 Å². The Morgan fingerprint density at radius 3 is 2.40 bits per heavy atom.